The first-order valence-electron chi connectivity index (χ1n) is 7.90. The van der Waals surface area contributed by atoms with Crippen LogP contribution in [-0.2, 0) is 6.54 Å². The van der Waals surface area contributed by atoms with Gasteiger partial charge in [-0.25, -0.2) is 4.98 Å². The highest BCUT2D eigenvalue weighted by Crippen LogP contribution is 2.14. The van der Waals surface area contributed by atoms with Crippen molar-refractivity contribution in [1.29, 1.82) is 0 Å². The maximum Gasteiger partial charge on any atom is 0.191 e. The number of guanidine groups is 1. The SMILES string of the molecule is CN=C(NCCNc1ccc2ccccc2n1)NCc1ccsc1. The number of anilines is 1. The van der Waals surface area contributed by atoms with Crippen molar-refractivity contribution in [2.45, 2.75) is 6.54 Å². The summed E-state index contributed by atoms with van der Waals surface area (Å²) in [6.07, 6.45) is 0. The van der Waals surface area contributed by atoms with Crippen LogP contribution >= 0.6 is 11.3 Å². The Labute approximate surface area is 145 Å². The maximum atomic E-state index is 4.60. The van der Waals surface area contributed by atoms with Gasteiger partial charge >= 0.3 is 0 Å². The van der Waals surface area contributed by atoms with Crippen LogP contribution in [0.2, 0.25) is 0 Å². The molecule has 3 rings (SSSR count). The number of hydrogen-bond acceptors (Lipinski definition) is 4. The lowest BCUT2D eigenvalue weighted by atomic mass is 10.2. The molecule has 0 unspecified atom stereocenters. The third-order valence-electron chi connectivity index (χ3n) is 3.59. The largest absolute Gasteiger partial charge is 0.368 e. The molecule has 0 saturated heterocycles. The van der Waals surface area contributed by atoms with Gasteiger partial charge in [0.15, 0.2) is 5.96 Å². The Balaban J connectivity index is 1.43. The highest BCUT2D eigenvalue weighted by atomic mass is 32.1. The van der Waals surface area contributed by atoms with E-state index in [0.717, 1.165) is 42.3 Å². The third kappa shape index (κ3) is 4.45. The first-order chi connectivity index (χ1) is 11.8. The Kier molecular flexibility index (Phi) is 5.63. The molecule has 0 aliphatic carbocycles. The van der Waals surface area contributed by atoms with Crippen molar-refractivity contribution in [1.82, 2.24) is 15.6 Å². The smallest absolute Gasteiger partial charge is 0.191 e. The topological polar surface area (TPSA) is 61.3 Å². The van der Waals surface area contributed by atoms with Crippen molar-refractivity contribution in [3.63, 3.8) is 0 Å². The summed E-state index contributed by atoms with van der Waals surface area (Å²) in [7, 11) is 1.78. The number of fused-ring (bicyclic) bond motifs is 1. The molecule has 24 heavy (non-hydrogen) atoms. The molecule has 2 aromatic heterocycles. The molecule has 0 fully saturated rings. The van der Waals surface area contributed by atoms with E-state index in [9.17, 15) is 0 Å². The molecule has 124 valence electrons. The second kappa shape index (κ2) is 8.31. The Morgan fingerprint density at radius 3 is 2.83 bits per heavy atom. The van der Waals surface area contributed by atoms with Crippen molar-refractivity contribution >= 4 is 34.0 Å². The fourth-order valence-electron chi connectivity index (χ4n) is 2.34. The Hall–Kier alpha value is -2.60. The van der Waals surface area contributed by atoms with E-state index in [1.807, 2.05) is 24.3 Å². The monoisotopic (exact) mass is 339 g/mol. The standard InChI is InChI=1S/C18H21N5S/c1-19-18(22-12-14-8-11-24-13-14)21-10-9-20-17-7-6-15-4-2-3-5-16(15)23-17/h2-8,11,13H,9-10,12H2,1H3,(H,20,23)(H2,19,21,22). The highest BCUT2D eigenvalue weighted by molar-refractivity contribution is 7.07. The molecule has 0 amide bonds. The summed E-state index contributed by atoms with van der Waals surface area (Å²) >= 11 is 1.70. The van der Waals surface area contributed by atoms with E-state index in [1.54, 1.807) is 18.4 Å². The molecule has 3 aromatic rings. The van der Waals surface area contributed by atoms with Crippen LogP contribution in [0.4, 0.5) is 5.82 Å². The Bertz CT molecular complexity index is 798. The molecule has 3 N–H and O–H groups in total. The third-order valence-corrected chi connectivity index (χ3v) is 4.32. The molecule has 6 heteroatoms. The van der Waals surface area contributed by atoms with Gasteiger partial charge in [0.2, 0.25) is 0 Å². The van der Waals surface area contributed by atoms with E-state index in [0.29, 0.717) is 0 Å². The van der Waals surface area contributed by atoms with Gasteiger partial charge in [-0.15, -0.1) is 0 Å². The molecule has 0 aliphatic rings. The number of rotatable bonds is 6. The van der Waals surface area contributed by atoms with Gasteiger partial charge in [0.1, 0.15) is 5.82 Å². The number of pyridine rings is 1. The second-order valence-corrected chi connectivity index (χ2v) is 6.08. The fraction of sp³-hybridized carbons (Fsp3) is 0.222. The van der Waals surface area contributed by atoms with E-state index < -0.39 is 0 Å². The van der Waals surface area contributed by atoms with E-state index in [-0.39, 0.29) is 0 Å². The van der Waals surface area contributed by atoms with Crippen LogP contribution in [0.5, 0.6) is 0 Å². The molecule has 2 heterocycles. The lowest BCUT2D eigenvalue weighted by Crippen LogP contribution is -2.39. The van der Waals surface area contributed by atoms with Crippen LogP contribution in [0.3, 0.4) is 0 Å². The summed E-state index contributed by atoms with van der Waals surface area (Å²) < 4.78 is 0. The molecule has 0 saturated carbocycles. The van der Waals surface area contributed by atoms with E-state index >= 15 is 0 Å². The molecule has 0 atom stereocenters. The van der Waals surface area contributed by atoms with Gasteiger partial charge in [-0.3, -0.25) is 4.99 Å². The van der Waals surface area contributed by atoms with Crippen molar-refractivity contribution < 1.29 is 0 Å². The fourth-order valence-corrected chi connectivity index (χ4v) is 3.00. The van der Waals surface area contributed by atoms with Gasteiger partial charge in [0, 0.05) is 32.1 Å². The average molecular weight is 339 g/mol. The van der Waals surface area contributed by atoms with Gasteiger partial charge in [-0.1, -0.05) is 18.2 Å². The zero-order valence-corrected chi connectivity index (χ0v) is 14.4. The lowest BCUT2D eigenvalue weighted by molar-refractivity contribution is 0.813. The Morgan fingerprint density at radius 2 is 2.00 bits per heavy atom. The van der Waals surface area contributed by atoms with Crippen LogP contribution in [0.15, 0.2) is 58.2 Å². The number of thiophene rings is 1. The molecule has 1 aromatic carbocycles. The van der Waals surface area contributed by atoms with E-state index in [4.69, 9.17) is 0 Å². The summed E-state index contributed by atoms with van der Waals surface area (Å²) in [5, 5.41) is 15.3. The number of hydrogen-bond donors (Lipinski definition) is 3. The van der Waals surface area contributed by atoms with Crippen LogP contribution in [0.1, 0.15) is 5.56 Å². The molecular weight excluding hydrogens is 318 g/mol. The molecule has 0 radical (unpaired) electrons. The average Bonchev–Trinajstić information content (AvgIpc) is 3.14. The summed E-state index contributed by atoms with van der Waals surface area (Å²) in [5.41, 5.74) is 2.27. The molecular formula is C18H21N5S. The van der Waals surface area contributed by atoms with Gasteiger partial charge < -0.3 is 16.0 Å². The number of benzene rings is 1. The summed E-state index contributed by atoms with van der Waals surface area (Å²) in [6.45, 7) is 2.31. The van der Waals surface area contributed by atoms with Crippen LogP contribution in [0.25, 0.3) is 10.9 Å². The van der Waals surface area contributed by atoms with Crippen molar-refractivity contribution in [2.75, 3.05) is 25.5 Å². The lowest BCUT2D eigenvalue weighted by Gasteiger charge is -2.12. The first kappa shape index (κ1) is 16.3. The number of nitrogens with one attached hydrogen (secondary N) is 3. The summed E-state index contributed by atoms with van der Waals surface area (Å²) in [5.74, 6) is 1.69. The van der Waals surface area contributed by atoms with Crippen LogP contribution < -0.4 is 16.0 Å². The van der Waals surface area contributed by atoms with Crippen LogP contribution in [-0.4, -0.2) is 31.1 Å². The predicted octanol–water partition coefficient (Wildman–Crippen LogP) is 3.07. The van der Waals surface area contributed by atoms with Gasteiger partial charge in [-0.2, -0.15) is 11.3 Å². The molecule has 5 nitrogen and oxygen atoms in total. The second-order valence-electron chi connectivity index (χ2n) is 5.30. The minimum Gasteiger partial charge on any atom is -0.368 e. The molecule has 0 aliphatic heterocycles. The predicted molar refractivity (Wildman–Crippen MR) is 103 cm³/mol. The van der Waals surface area contributed by atoms with Crippen LogP contribution in [0, 0.1) is 0 Å². The molecule has 0 bridgehead atoms. The summed E-state index contributed by atoms with van der Waals surface area (Å²) in [4.78, 5) is 8.83. The normalized spacial score (nSPS) is 11.5. The van der Waals surface area contributed by atoms with Gasteiger partial charge in [0.05, 0.1) is 5.52 Å². The first-order valence-corrected chi connectivity index (χ1v) is 8.85. The number of nitrogens with zero attached hydrogens (tertiary/aromatic N) is 2. The Morgan fingerprint density at radius 1 is 1.08 bits per heavy atom. The molecule has 0 spiro atoms. The maximum absolute atomic E-state index is 4.60. The minimum absolute atomic E-state index is 0.762. The zero-order chi connectivity index (χ0) is 16.6. The quantitative estimate of drug-likeness (QED) is 0.367. The number of para-hydroxylation sites is 1. The van der Waals surface area contributed by atoms with E-state index in [2.05, 4.69) is 54.9 Å². The van der Waals surface area contributed by atoms with Crippen molar-refractivity contribution in [2.24, 2.45) is 4.99 Å². The number of aliphatic imine (C=N–C) groups is 1. The zero-order valence-electron chi connectivity index (χ0n) is 13.6. The van der Waals surface area contributed by atoms with Crippen molar-refractivity contribution in [3.8, 4) is 0 Å². The summed E-state index contributed by atoms with van der Waals surface area (Å²) in [6, 6.07) is 14.3. The number of aromatic nitrogens is 1. The van der Waals surface area contributed by atoms with Gasteiger partial charge in [0.25, 0.3) is 0 Å². The highest BCUT2D eigenvalue weighted by Gasteiger charge is 2.00. The van der Waals surface area contributed by atoms with Crippen molar-refractivity contribution in [3.05, 3.63) is 58.8 Å². The van der Waals surface area contributed by atoms with Gasteiger partial charge in [-0.05, 0) is 40.6 Å². The minimum atomic E-state index is 0.762. The van der Waals surface area contributed by atoms with E-state index in [1.165, 1.54) is 5.56 Å².